The number of nitrogens with one attached hydrogen (secondary N) is 1. The second-order valence-corrected chi connectivity index (χ2v) is 7.31. The van der Waals surface area contributed by atoms with Gasteiger partial charge in [0, 0.05) is 17.1 Å². The molecule has 0 radical (unpaired) electrons. The number of carbonyl (C=O) groups is 1. The fraction of sp³-hybridized carbons (Fsp3) is 0.120. The minimum absolute atomic E-state index is 0.292. The van der Waals surface area contributed by atoms with E-state index in [4.69, 9.17) is 5.73 Å². The number of fused-ring (bicyclic) bond motifs is 1. The van der Waals surface area contributed by atoms with Gasteiger partial charge in [-0.2, -0.15) is 5.26 Å². The number of aromatic nitrogens is 2. The van der Waals surface area contributed by atoms with Crippen LogP contribution in [-0.2, 0) is 4.79 Å². The minimum atomic E-state index is -0.630. The second-order valence-electron chi connectivity index (χ2n) is 7.31. The lowest BCUT2D eigenvalue weighted by atomic mass is 9.98. The quantitative estimate of drug-likeness (QED) is 0.468. The molecule has 4 rings (SSSR count). The summed E-state index contributed by atoms with van der Waals surface area (Å²) in [7, 11) is 0. The topological polar surface area (TPSA) is 105 Å². The van der Waals surface area contributed by atoms with Gasteiger partial charge in [0.1, 0.15) is 23.5 Å². The number of halogens is 1. The van der Waals surface area contributed by atoms with Crippen LogP contribution in [0.25, 0.3) is 33.3 Å². The average molecular weight is 425 g/mol. The summed E-state index contributed by atoms with van der Waals surface area (Å²) in [5, 5.41) is 13.8. The molecule has 6 nitrogen and oxygen atoms in total. The van der Waals surface area contributed by atoms with Crippen LogP contribution in [0.15, 0.2) is 67.0 Å². The molecule has 0 aliphatic heterocycles. The maximum atomic E-state index is 13.2. The number of anilines is 1. The summed E-state index contributed by atoms with van der Waals surface area (Å²) in [5.74, 6) is -0.792. The molecule has 0 saturated heterocycles. The van der Waals surface area contributed by atoms with Crippen LogP contribution in [0.3, 0.4) is 0 Å². The molecule has 2 aromatic heterocycles. The molecule has 3 N–H and O–H groups in total. The Morgan fingerprint density at radius 3 is 2.31 bits per heavy atom. The number of pyridine rings is 2. The molecule has 32 heavy (non-hydrogen) atoms. The van der Waals surface area contributed by atoms with E-state index in [9.17, 15) is 14.4 Å². The van der Waals surface area contributed by atoms with E-state index in [0.29, 0.717) is 34.3 Å². The molecule has 2 aromatic carbocycles. The van der Waals surface area contributed by atoms with Crippen LogP contribution < -0.4 is 11.1 Å². The maximum Gasteiger partial charge on any atom is 0.239 e. The summed E-state index contributed by atoms with van der Waals surface area (Å²) in [6.45, 7) is 1.84. The van der Waals surface area contributed by atoms with Gasteiger partial charge in [-0.25, -0.2) is 9.37 Å². The van der Waals surface area contributed by atoms with E-state index in [1.54, 1.807) is 30.6 Å². The van der Waals surface area contributed by atoms with Crippen LogP contribution in [0, 0.1) is 17.1 Å². The lowest BCUT2D eigenvalue weighted by Gasteiger charge is -2.19. The van der Waals surface area contributed by atoms with Gasteiger partial charge in [0.15, 0.2) is 0 Å². The molecule has 0 aliphatic rings. The molecular weight excluding hydrogens is 405 g/mol. The molecule has 0 fully saturated rings. The van der Waals surface area contributed by atoms with Crippen molar-refractivity contribution in [1.29, 1.82) is 5.26 Å². The van der Waals surface area contributed by atoms with Gasteiger partial charge in [0.2, 0.25) is 5.91 Å². The van der Waals surface area contributed by atoms with E-state index in [0.717, 1.165) is 16.7 Å². The lowest BCUT2D eigenvalue weighted by molar-refractivity contribution is -0.118. The SMILES string of the molecule is CC[C@@H](Nc1c(C#N)c(-c2ccc(-c3ccc(F)cc3)cc2)nc2cnccc12)C(N)=O. The summed E-state index contributed by atoms with van der Waals surface area (Å²) >= 11 is 0. The zero-order valence-electron chi connectivity index (χ0n) is 17.3. The Morgan fingerprint density at radius 2 is 1.72 bits per heavy atom. The molecule has 0 spiro atoms. The van der Waals surface area contributed by atoms with Crippen LogP contribution in [0.1, 0.15) is 18.9 Å². The van der Waals surface area contributed by atoms with Crippen molar-refractivity contribution in [3.63, 3.8) is 0 Å². The number of rotatable bonds is 6. The number of hydrogen-bond donors (Lipinski definition) is 2. The van der Waals surface area contributed by atoms with E-state index >= 15 is 0 Å². The third-order valence-electron chi connectivity index (χ3n) is 5.31. The summed E-state index contributed by atoms with van der Waals surface area (Å²) in [4.78, 5) is 20.7. The first-order chi connectivity index (χ1) is 15.5. The number of primary amides is 1. The first kappa shape index (κ1) is 20.9. The largest absolute Gasteiger partial charge is 0.372 e. The van der Waals surface area contributed by atoms with Gasteiger partial charge in [0.05, 0.1) is 23.1 Å². The number of benzene rings is 2. The highest BCUT2D eigenvalue weighted by Crippen LogP contribution is 2.34. The van der Waals surface area contributed by atoms with Crippen molar-refractivity contribution >= 4 is 22.5 Å². The van der Waals surface area contributed by atoms with Crippen LogP contribution >= 0.6 is 0 Å². The van der Waals surface area contributed by atoms with Crippen molar-refractivity contribution in [3.05, 3.63) is 78.4 Å². The van der Waals surface area contributed by atoms with Gasteiger partial charge < -0.3 is 11.1 Å². The van der Waals surface area contributed by atoms with Crippen molar-refractivity contribution in [2.45, 2.75) is 19.4 Å². The molecule has 1 amide bonds. The number of hydrogen-bond acceptors (Lipinski definition) is 5. The molecule has 4 aromatic rings. The summed E-state index contributed by atoms with van der Waals surface area (Å²) in [5.41, 5.74) is 9.93. The number of nitriles is 1. The first-order valence-corrected chi connectivity index (χ1v) is 10.1. The van der Waals surface area contributed by atoms with Crippen molar-refractivity contribution < 1.29 is 9.18 Å². The van der Waals surface area contributed by atoms with E-state index in [1.165, 1.54) is 12.1 Å². The summed E-state index contributed by atoms with van der Waals surface area (Å²) in [6, 6.07) is 17.1. The Hall–Kier alpha value is -4.31. The number of carbonyl (C=O) groups excluding carboxylic acids is 1. The minimum Gasteiger partial charge on any atom is -0.372 e. The fourth-order valence-corrected chi connectivity index (χ4v) is 3.60. The fourth-order valence-electron chi connectivity index (χ4n) is 3.60. The van der Waals surface area contributed by atoms with Crippen molar-refractivity contribution in [1.82, 2.24) is 9.97 Å². The zero-order valence-corrected chi connectivity index (χ0v) is 17.3. The third-order valence-corrected chi connectivity index (χ3v) is 5.31. The Labute approximate surface area is 184 Å². The van der Waals surface area contributed by atoms with Crippen LogP contribution in [-0.4, -0.2) is 21.9 Å². The van der Waals surface area contributed by atoms with Gasteiger partial charge in [0.25, 0.3) is 0 Å². The highest BCUT2D eigenvalue weighted by Gasteiger charge is 2.21. The molecule has 0 bridgehead atoms. The van der Waals surface area contributed by atoms with Crippen LogP contribution in [0.4, 0.5) is 10.1 Å². The predicted octanol–water partition coefficient (Wildman–Crippen LogP) is 4.65. The molecule has 0 unspecified atom stereocenters. The van der Waals surface area contributed by atoms with E-state index in [-0.39, 0.29) is 5.82 Å². The van der Waals surface area contributed by atoms with Gasteiger partial charge >= 0.3 is 0 Å². The van der Waals surface area contributed by atoms with Crippen LogP contribution in [0.5, 0.6) is 0 Å². The summed E-state index contributed by atoms with van der Waals surface area (Å²) < 4.78 is 13.2. The lowest BCUT2D eigenvalue weighted by Crippen LogP contribution is -2.35. The zero-order chi connectivity index (χ0) is 22.7. The van der Waals surface area contributed by atoms with Gasteiger partial charge in [-0.3, -0.25) is 9.78 Å². The molecule has 7 heteroatoms. The van der Waals surface area contributed by atoms with E-state index < -0.39 is 11.9 Å². The summed E-state index contributed by atoms with van der Waals surface area (Å²) in [6.07, 6.45) is 3.69. The van der Waals surface area contributed by atoms with Gasteiger partial charge in [-0.15, -0.1) is 0 Å². The Balaban J connectivity index is 1.84. The molecular formula is C25H20FN5O. The Morgan fingerprint density at radius 1 is 1.09 bits per heavy atom. The smallest absolute Gasteiger partial charge is 0.239 e. The number of nitrogens with zero attached hydrogens (tertiary/aromatic N) is 3. The molecule has 0 aliphatic carbocycles. The molecule has 1 atom stereocenters. The van der Waals surface area contributed by atoms with Crippen LogP contribution in [0.2, 0.25) is 0 Å². The van der Waals surface area contributed by atoms with E-state index in [1.807, 2.05) is 31.2 Å². The average Bonchev–Trinajstić information content (AvgIpc) is 2.82. The molecule has 2 heterocycles. The normalized spacial score (nSPS) is 11.7. The number of amides is 1. The van der Waals surface area contributed by atoms with Crippen molar-refractivity contribution in [2.24, 2.45) is 5.73 Å². The van der Waals surface area contributed by atoms with Crippen molar-refractivity contribution in [3.8, 4) is 28.5 Å². The highest BCUT2D eigenvalue weighted by molar-refractivity contribution is 5.99. The Bertz CT molecular complexity index is 1330. The monoisotopic (exact) mass is 425 g/mol. The van der Waals surface area contributed by atoms with Gasteiger partial charge in [-0.05, 0) is 35.7 Å². The standard InChI is InChI=1S/C25H20FN5O/c1-2-21(25(28)32)30-24-19-11-12-29-14-22(19)31-23(20(24)13-27)17-5-3-15(4-6-17)16-7-9-18(26)10-8-16/h3-12,14,21H,2H2,1H3,(H2,28,32)(H,30,31)/t21-/m1/s1. The molecule has 0 saturated carbocycles. The van der Waals surface area contributed by atoms with Gasteiger partial charge in [-0.1, -0.05) is 43.3 Å². The first-order valence-electron chi connectivity index (χ1n) is 10.1. The Kier molecular flexibility index (Phi) is 5.77. The number of nitrogens with two attached hydrogens (primary N) is 1. The molecule has 158 valence electrons. The predicted molar refractivity (Wildman–Crippen MR) is 122 cm³/mol. The highest BCUT2D eigenvalue weighted by atomic mass is 19.1. The third kappa shape index (κ3) is 3.98. The van der Waals surface area contributed by atoms with Crippen molar-refractivity contribution in [2.75, 3.05) is 5.32 Å². The second kappa shape index (κ2) is 8.82. The maximum absolute atomic E-state index is 13.2. The van der Waals surface area contributed by atoms with E-state index in [2.05, 4.69) is 21.4 Å².